The number of piperidine rings is 1. The first-order valence-corrected chi connectivity index (χ1v) is 8.15. The summed E-state index contributed by atoms with van der Waals surface area (Å²) in [5.41, 5.74) is 6.95. The number of amides is 1. The van der Waals surface area contributed by atoms with Gasteiger partial charge in [-0.1, -0.05) is 12.1 Å². The molecule has 0 spiro atoms. The molecule has 134 valence electrons. The summed E-state index contributed by atoms with van der Waals surface area (Å²) in [4.78, 5) is 14.3. The summed E-state index contributed by atoms with van der Waals surface area (Å²) in [6.07, 6.45) is 4.62. The lowest BCUT2D eigenvalue weighted by molar-refractivity contribution is -0.129. The topological polar surface area (TPSA) is 55.6 Å². The van der Waals surface area contributed by atoms with E-state index in [2.05, 4.69) is 0 Å². The van der Waals surface area contributed by atoms with Gasteiger partial charge in [-0.3, -0.25) is 4.79 Å². The Morgan fingerprint density at radius 1 is 1.33 bits per heavy atom. The van der Waals surface area contributed by atoms with Crippen LogP contribution in [-0.4, -0.2) is 43.2 Å². The average Bonchev–Trinajstić information content (AvgIpc) is 2.57. The predicted octanol–water partition coefficient (Wildman–Crippen LogP) is 3.01. The van der Waals surface area contributed by atoms with Gasteiger partial charge in [0.05, 0.1) is 6.10 Å². The fourth-order valence-corrected chi connectivity index (χ4v) is 2.68. The number of hydrogen-bond acceptors (Lipinski definition) is 3. The standard InChI is InChI=1S/C18H25FN2O2.ClH/c1-14(13-15-3-5-16(19)6-4-15)18(22)21-10-7-17(8-11-21)23-12-2-9-20;/h3-6,13,17H,2,7-12,20H2,1H3;1H/b14-13-;. The Bertz CT molecular complexity index is 540. The normalized spacial score (nSPS) is 16.0. The van der Waals surface area contributed by atoms with Crippen LogP contribution in [0.4, 0.5) is 4.39 Å². The van der Waals surface area contributed by atoms with Crippen molar-refractivity contribution in [2.75, 3.05) is 26.2 Å². The lowest BCUT2D eigenvalue weighted by Gasteiger charge is -2.32. The first kappa shape index (κ1) is 20.6. The number of rotatable bonds is 6. The van der Waals surface area contributed by atoms with E-state index in [-0.39, 0.29) is 30.2 Å². The van der Waals surface area contributed by atoms with Gasteiger partial charge in [-0.05, 0) is 56.5 Å². The number of hydrogen-bond donors (Lipinski definition) is 1. The molecule has 2 N–H and O–H groups in total. The van der Waals surface area contributed by atoms with Gasteiger partial charge in [0.1, 0.15) is 5.82 Å². The molecule has 0 unspecified atom stereocenters. The second-order valence-corrected chi connectivity index (χ2v) is 5.88. The third-order valence-corrected chi connectivity index (χ3v) is 4.02. The highest BCUT2D eigenvalue weighted by Crippen LogP contribution is 2.17. The Kier molecular flexibility index (Phi) is 8.97. The van der Waals surface area contributed by atoms with E-state index in [4.69, 9.17) is 10.5 Å². The summed E-state index contributed by atoms with van der Waals surface area (Å²) >= 11 is 0. The molecule has 0 saturated carbocycles. The molecular weight excluding hydrogens is 331 g/mol. The van der Waals surface area contributed by atoms with Crippen molar-refractivity contribution in [2.24, 2.45) is 5.73 Å². The van der Waals surface area contributed by atoms with E-state index in [9.17, 15) is 9.18 Å². The van der Waals surface area contributed by atoms with Crippen LogP contribution < -0.4 is 5.73 Å². The molecule has 6 heteroatoms. The van der Waals surface area contributed by atoms with Crippen LogP contribution in [0.25, 0.3) is 6.08 Å². The van der Waals surface area contributed by atoms with Crippen molar-refractivity contribution in [3.05, 3.63) is 41.2 Å². The maximum Gasteiger partial charge on any atom is 0.249 e. The maximum atomic E-state index is 12.9. The highest BCUT2D eigenvalue weighted by atomic mass is 35.5. The number of nitrogens with zero attached hydrogens (tertiary/aromatic N) is 1. The van der Waals surface area contributed by atoms with Crippen molar-refractivity contribution in [3.8, 4) is 0 Å². The largest absolute Gasteiger partial charge is 0.378 e. The number of carbonyl (C=O) groups excluding carboxylic acids is 1. The summed E-state index contributed by atoms with van der Waals surface area (Å²) < 4.78 is 18.7. The molecular formula is C18H26ClFN2O2. The fraction of sp³-hybridized carbons (Fsp3) is 0.500. The predicted molar refractivity (Wildman–Crippen MR) is 96.5 cm³/mol. The smallest absolute Gasteiger partial charge is 0.249 e. The summed E-state index contributed by atoms with van der Waals surface area (Å²) in [5, 5.41) is 0. The molecule has 0 aliphatic carbocycles. The summed E-state index contributed by atoms with van der Waals surface area (Å²) in [7, 11) is 0. The van der Waals surface area contributed by atoms with Gasteiger partial charge in [-0.2, -0.15) is 0 Å². The molecule has 0 bridgehead atoms. The van der Waals surface area contributed by atoms with Crippen molar-refractivity contribution < 1.29 is 13.9 Å². The first-order valence-electron chi connectivity index (χ1n) is 8.15. The third-order valence-electron chi connectivity index (χ3n) is 4.02. The molecule has 1 amide bonds. The zero-order chi connectivity index (χ0) is 16.7. The van der Waals surface area contributed by atoms with Crippen LogP contribution in [0.2, 0.25) is 0 Å². The highest BCUT2D eigenvalue weighted by molar-refractivity contribution is 5.97. The number of benzene rings is 1. The zero-order valence-corrected chi connectivity index (χ0v) is 14.9. The Morgan fingerprint density at radius 3 is 2.54 bits per heavy atom. The average molecular weight is 357 g/mol. The Morgan fingerprint density at radius 2 is 1.96 bits per heavy atom. The van der Waals surface area contributed by atoms with Crippen LogP contribution in [0.5, 0.6) is 0 Å². The van der Waals surface area contributed by atoms with Gasteiger partial charge in [0.2, 0.25) is 5.91 Å². The van der Waals surface area contributed by atoms with Crippen molar-refractivity contribution in [1.29, 1.82) is 0 Å². The lowest BCUT2D eigenvalue weighted by atomic mass is 10.1. The minimum atomic E-state index is -0.275. The van der Waals surface area contributed by atoms with Gasteiger partial charge >= 0.3 is 0 Å². The molecule has 1 heterocycles. The first-order chi connectivity index (χ1) is 11.1. The Labute approximate surface area is 149 Å². The van der Waals surface area contributed by atoms with E-state index >= 15 is 0 Å². The second kappa shape index (κ2) is 10.4. The van der Waals surface area contributed by atoms with Gasteiger partial charge < -0.3 is 15.4 Å². The molecule has 1 aliphatic rings. The van der Waals surface area contributed by atoms with Crippen molar-refractivity contribution >= 4 is 24.4 Å². The molecule has 0 aromatic heterocycles. The number of likely N-dealkylation sites (tertiary alicyclic amines) is 1. The molecule has 0 atom stereocenters. The zero-order valence-electron chi connectivity index (χ0n) is 14.0. The van der Waals surface area contributed by atoms with E-state index < -0.39 is 0 Å². The lowest BCUT2D eigenvalue weighted by Crippen LogP contribution is -2.41. The van der Waals surface area contributed by atoms with Gasteiger partial charge in [-0.15, -0.1) is 12.4 Å². The van der Waals surface area contributed by atoms with Gasteiger partial charge in [-0.25, -0.2) is 4.39 Å². The Hall–Kier alpha value is -1.43. The summed E-state index contributed by atoms with van der Waals surface area (Å²) in [6.45, 7) is 4.56. The van der Waals surface area contributed by atoms with E-state index in [0.29, 0.717) is 31.8 Å². The number of nitrogens with two attached hydrogens (primary N) is 1. The van der Waals surface area contributed by atoms with Crippen LogP contribution in [0, 0.1) is 5.82 Å². The van der Waals surface area contributed by atoms with E-state index in [1.54, 1.807) is 25.1 Å². The highest BCUT2D eigenvalue weighted by Gasteiger charge is 2.23. The van der Waals surface area contributed by atoms with Crippen LogP contribution >= 0.6 is 12.4 Å². The molecule has 1 aromatic rings. The molecule has 2 rings (SSSR count). The molecule has 1 aromatic carbocycles. The SMILES string of the molecule is C/C(=C/c1ccc(F)cc1)C(=O)N1CCC(OCCCN)CC1.Cl. The molecule has 4 nitrogen and oxygen atoms in total. The van der Waals surface area contributed by atoms with E-state index in [1.807, 2.05) is 4.90 Å². The van der Waals surface area contributed by atoms with E-state index in [1.165, 1.54) is 12.1 Å². The summed E-state index contributed by atoms with van der Waals surface area (Å²) in [5.74, 6) is -0.238. The fourth-order valence-electron chi connectivity index (χ4n) is 2.68. The number of carbonyl (C=O) groups is 1. The molecule has 1 aliphatic heterocycles. The van der Waals surface area contributed by atoms with Crippen LogP contribution in [-0.2, 0) is 9.53 Å². The van der Waals surface area contributed by atoms with Crippen LogP contribution in [0.3, 0.4) is 0 Å². The van der Waals surface area contributed by atoms with E-state index in [0.717, 1.165) is 24.8 Å². The number of halogens is 2. The minimum Gasteiger partial charge on any atom is -0.378 e. The van der Waals surface area contributed by atoms with Gasteiger partial charge in [0.25, 0.3) is 0 Å². The van der Waals surface area contributed by atoms with Gasteiger partial charge in [0.15, 0.2) is 0 Å². The van der Waals surface area contributed by atoms with Crippen molar-refractivity contribution in [3.63, 3.8) is 0 Å². The van der Waals surface area contributed by atoms with Crippen LogP contribution in [0.1, 0.15) is 31.7 Å². The number of ether oxygens (including phenoxy) is 1. The maximum absolute atomic E-state index is 12.9. The molecule has 1 saturated heterocycles. The molecule has 24 heavy (non-hydrogen) atoms. The Balaban J connectivity index is 0.00000288. The quantitative estimate of drug-likeness (QED) is 0.629. The monoisotopic (exact) mass is 356 g/mol. The van der Waals surface area contributed by atoms with Crippen LogP contribution in [0.15, 0.2) is 29.8 Å². The molecule has 1 fully saturated rings. The second-order valence-electron chi connectivity index (χ2n) is 5.88. The molecule has 0 radical (unpaired) electrons. The van der Waals surface area contributed by atoms with Crippen molar-refractivity contribution in [2.45, 2.75) is 32.3 Å². The third kappa shape index (κ3) is 6.23. The minimum absolute atomic E-state index is 0. The van der Waals surface area contributed by atoms with Crippen molar-refractivity contribution in [1.82, 2.24) is 4.90 Å². The van der Waals surface area contributed by atoms with Gasteiger partial charge in [0, 0.05) is 25.3 Å². The summed E-state index contributed by atoms with van der Waals surface area (Å²) in [6, 6.07) is 6.13.